The van der Waals surface area contributed by atoms with Crippen LogP contribution in [0.25, 0.3) is 0 Å². The van der Waals surface area contributed by atoms with Crippen LogP contribution in [-0.2, 0) is 0 Å². The lowest BCUT2D eigenvalue weighted by Crippen LogP contribution is -2.24. The van der Waals surface area contributed by atoms with Gasteiger partial charge in [-0.25, -0.2) is 5.43 Å². The molecule has 2 aromatic carbocycles. The van der Waals surface area contributed by atoms with E-state index in [1.165, 1.54) is 31.4 Å². The molecule has 1 aromatic heterocycles. The zero-order chi connectivity index (χ0) is 23.0. The maximum Gasteiger partial charge on any atom is 0.269 e. The van der Waals surface area contributed by atoms with E-state index in [1.54, 1.807) is 18.3 Å². The number of benzene rings is 2. The van der Waals surface area contributed by atoms with Crippen molar-refractivity contribution < 1.29 is 4.92 Å². The quantitative estimate of drug-likeness (QED) is 0.206. The predicted molar refractivity (Wildman–Crippen MR) is 132 cm³/mol. The van der Waals surface area contributed by atoms with Crippen LogP contribution in [0.1, 0.15) is 37.7 Å². The average Bonchev–Trinajstić information content (AvgIpc) is 2.80. The van der Waals surface area contributed by atoms with Gasteiger partial charge in [-0.3, -0.25) is 10.1 Å². The van der Waals surface area contributed by atoms with Crippen LogP contribution >= 0.6 is 15.9 Å². The number of non-ortho nitro benzene ring substituents is 1. The van der Waals surface area contributed by atoms with E-state index >= 15 is 0 Å². The van der Waals surface area contributed by atoms with E-state index in [2.05, 4.69) is 52.0 Å². The maximum atomic E-state index is 10.9. The highest BCUT2D eigenvalue weighted by atomic mass is 79.9. The van der Waals surface area contributed by atoms with Gasteiger partial charge in [-0.2, -0.15) is 20.1 Å². The van der Waals surface area contributed by atoms with E-state index in [0.717, 1.165) is 22.9 Å². The number of hydrogen-bond acceptors (Lipinski definition) is 9. The minimum absolute atomic E-state index is 0.0140. The van der Waals surface area contributed by atoms with Gasteiger partial charge in [0, 0.05) is 28.3 Å². The number of hydrazone groups is 1. The summed E-state index contributed by atoms with van der Waals surface area (Å²) in [6.07, 6.45) is 7.42. The van der Waals surface area contributed by atoms with E-state index in [1.807, 2.05) is 24.3 Å². The number of halogens is 1. The number of nitro benzene ring substituents is 1. The molecule has 0 atom stereocenters. The van der Waals surface area contributed by atoms with Crippen molar-refractivity contribution in [1.82, 2.24) is 15.0 Å². The van der Waals surface area contributed by atoms with Crippen LogP contribution in [0.2, 0.25) is 0 Å². The maximum absolute atomic E-state index is 10.9. The Kier molecular flexibility index (Phi) is 7.40. The van der Waals surface area contributed by atoms with Gasteiger partial charge in [0.05, 0.1) is 11.1 Å². The summed E-state index contributed by atoms with van der Waals surface area (Å²) in [4.78, 5) is 23.8. The molecule has 3 N–H and O–H groups in total. The second kappa shape index (κ2) is 10.8. The fourth-order valence-corrected chi connectivity index (χ4v) is 3.94. The number of nitrogens with one attached hydrogen (secondary N) is 3. The highest BCUT2D eigenvalue weighted by molar-refractivity contribution is 9.10. The van der Waals surface area contributed by atoms with Crippen molar-refractivity contribution in [2.75, 3.05) is 16.1 Å². The fourth-order valence-electron chi connectivity index (χ4n) is 3.52. The number of nitro groups is 1. The first-order valence-corrected chi connectivity index (χ1v) is 11.4. The van der Waals surface area contributed by atoms with Crippen LogP contribution < -0.4 is 16.1 Å². The van der Waals surface area contributed by atoms with Gasteiger partial charge in [0.2, 0.25) is 17.8 Å². The monoisotopic (exact) mass is 510 g/mol. The van der Waals surface area contributed by atoms with Crippen LogP contribution in [0.4, 0.5) is 29.2 Å². The Morgan fingerprint density at radius 2 is 1.73 bits per heavy atom. The lowest BCUT2D eigenvalue weighted by atomic mass is 9.96. The van der Waals surface area contributed by atoms with Gasteiger partial charge in [0.15, 0.2) is 0 Å². The van der Waals surface area contributed by atoms with E-state index in [4.69, 9.17) is 0 Å². The molecule has 0 spiro atoms. The summed E-state index contributed by atoms with van der Waals surface area (Å²) in [5.74, 6) is 1.03. The van der Waals surface area contributed by atoms with Crippen molar-refractivity contribution in [3.8, 4) is 0 Å². The van der Waals surface area contributed by atoms with Crippen LogP contribution in [0.3, 0.4) is 0 Å². The number of hydrogen-bond donors (Lipinski definition) is 3. The molecule has 3 aromatic rings. The molecule has 0 unspecified atom stereocenters. The molecule has 33 heavy (non-hydrogen) atoms. The summed E-state index contributed by atoms with van der Waals surface area (Å²) in [5.41, 5.74) is 4.41. The van der Waals surface area contributed by atoms with Crippen molar-refractivity contribution in [3.05, 3.63) is 68.7 Å². The minimum atomic E-state index is -0.440. The molecule has 170 valence electrons. The van der Waals surface area contributed by atoms with Gasteiger partial charge in [0.25, 0.3) is 5.69 Å². The molecule has 0 saturated heterocycles. The predicted octanol–water partition coefficient (Wildman–Crippen LogP) is 5.48. The highest BCUT2D eigenvalue weighted by Crippen LogP contribution is 2.23. The Morgan fingerprint density at radius 1 is 1.00 bits per heavy atom. The lowest BCUT2D eigenvalue weighted by Gasteiger charge is -2.22. The van der Waals surface area contributed by atoms with Crippen molar-refractivity contribution in [2.45, 2.75) is 38.1 Å². The molecular weight excluding hydrogens is 488 g/mol. The third-order valence-corrected chi connectivity index (χ3v) is 5.63. The molecular formula is C22H23BrN8O2. The molecule has 1 saturated carbocycles. The zero-order valence-corrected chi connectivity index (χ0v) is 19.3. The fraction of sp³-hybridized carbons (Fsp3) is 0.273. The zero-order valence-electron chi connectivity index (χ0n) is 17.7. The van der Waals surface area contributed by atoms with Crippen molar-refractivity contribution in [1.29, 1.82) is 0 Å². The van der Waals surface area contributed by atoms with E-state index < -0.39 is 4.92 Å². The van der Waals surface area contributed by atoms with Gasteiger partial charge in [-0.05, 0) is 42.7 Å². The van der Waals surface area contributed by atoms with Gasteiger partial charge >= 0.3 is 0 Å². The molecule has 0 bridgehead atoms. The second-order valence-corrected chi connectivity index (χ2v) is 8.56. The number of nitrogens with zero attached hydrogens (tertiary/aromatic N) is 5. The number of rotatable bonds is 8. The van der Waals surface area contributed by atoms with Gasteiger partial charge in [-0.15, -0.1) is 0 Å². The minimum Gasteiger partial charge on any atom is -0.351 e. The van der Waals surface area contributed by atoms with Crippen LogP contribution in [0.15, 0.2) is 58.1 Å². The molecule has 11 heteroatoms. The first kappa shape index (κ1) is 22.6. The Bertz CT molecular complexity index is 1130. The Morgan fingerprint density at radius 3 is 2.45 bits per heavy atom. The highest BCUT2D eigenvalue weighted by Gasteiger charge is 2.16. The van der Waals surface area contributed by atoms with Gasteiger partial charge in [0.1, 0.15) is 0 Å². The second-order valence-electron chi connectivity index (χ2n) is 7.64. The first-order chi connectivity index (χ1) is 16.0. The number of anilines is 4. The molecule has 10 nitrogen and oxygen atoms in total. The molecule has 4 rings (SSSR count). The summed E-state index contributed by atoms with van der Waals surface area (Å²) >= 11 is 3.44. The van der Waals surface area contributed by atoms with Crippen LogP contribution in [0.5, 0.6) is 0 Å². The summed E-state index contributed by atoms with van der Waals surface area (Å²) in [6, 6.07) is 14.1. The molecule has 1 aliphatic rings. The Hall–Kier alpha value is -3.60. The van der Waals surface area contributed by atoms with Crippen molar-refractivity contribution >= 4 is 51.4 Å². The standard InChI is InChI=1S/C22H23BrN8O2/c23-16-6-4-5-15(13-16)14-24-30-22-28-20(25-17-7-2-1-3-8-17)27-21(29-22)26-18-9-11-19(12-10-18)31(32)33/h4-6,9-14,17H,1-3,7-8H2,(H3,25,26,27,28,29,30)/b24-14-. The Balaban J connectivity index is 1.53. The summed E-state index contributed by atoms with van der Waals surface area (Å²) in [6.45, 7) is 0. The Labute approximate surface area is 199 Å². The summed E-state index contributed by atoms with van der Waals surface area (Å²) < 4.78 is 0.958. The number of aromatic nitrogens is 3. The van der Waals surface area contributed by atoms with Crippen molar-refractivity contribution in [3.63, 3.8) is 0 Å². The molecule has 0 radical (unpaired) electrons. The first-order valence-electron chi connectivity index (χ1n) is 10.6. The molecule has 0 aliphatic heterocycles. The lowest BCUT2D eigenvalue weighted by molar-refractivity contribution is -0.384. The topological polar surface area (TPSA) is 130 Å². The molecule has 0 amide bonds. The third kappa shape index (κ3) is 6.69. The van der Waals surface area contributed by atoms with Crippen LogP contribution in [0, 0.1) is 10.1 Å². The van der Waals surface area contributed by atoms with E-state index in [-0.39, 0.29) is 11.6 Å². The third-order valence-electron chi connectivity index (χ3n) is 5.13. The summed E-state index contributed by atoms with van der Waals surface area (Å²) in [5, 5.41) is 21.6. The van der Waals surface area contributed by atoms with Crippen molar-refractivity contribution in [2.24, 2.45) is 5.10 Å². The largest absolute Gasteiger partial charge is 0.351 e. The smallest absolute Gasteiger partial charge is 0.269 e. The van der Waals surface area contributed by atoms with Crippen LogP contribution in [-0.4, -0.2) is 32.1 Å². The van der Waals surface area contributed by atoms with E-state index in [0.29, 0.717) is 23.6 Å². The summed E-state index contributed by atoms with van der Waals surface area (Å²) in [7, 11) is 0. The van der Waals surface area contributed by atoms with E-state index in [9.17, 15) is 10.1 Å². The normalized spacial score (nSPS) is 14.2. The average molecular weight is 511 g/mol. The molecule has 1 aliphatic carbocycles. The molecule has 1 heterocycles. The van der Waals surface area contributed by atoms with Gasteiger partial charge < -0.3 is 10.6 Å². The van der Waals surface area contributed by atoms with Gasteiger partial charge in [-0.1, -0.05) is 47.3 Å². The SMILES string of the molecule is O=[N+]([O-])c1ccc(Nc2nc(N/N=C\c3cccc(Br)c3)nc(NC3CCCCC3)n2)cc1. The molecule has 1 fully saturated rings.